The van der Waals surface area contributed by atoms with Crippen LogP contribution < -0.4 is 5.32 Å². The van der Waals surface area contributed by atoms with Crippen molar-refractivity contribution in [2.45, 2.75) is 39.3 Å². The molecule has 0 amide bonds. The second-order valence-electron chi connectivity index (χ2n) is 4.03. The maximum atomic E-state index is 4.66. The molecule has 88 valence electrons. The number of aliphatic imine (C=N–C) groups is 1. The Bertz CT molecular complexity index is 371. The lowest BCUT2D eigenvalue weighted by atomic mass is 10.2. The van der Waals surface area contributed by atoms with Crippen molar-refractivity contribution in [1.29, 1.82) is 0 Å². The summed E-state index contributed by atoms with van der Waals surface area (Å²) < 4.78 is 0. The Balaban J connectivity index is 1.97. The number of nitrogens with zero attached hydrogens (tertiary/aromatic N) is 1. The van der Waals surface area contributed by atoms with Crippen LogP contribution in [0, 0.1) is 0 Å². The molecule has 16 heavy (non-hydrogen) atoms. The number of aryl methyl sites for hydroxylation is 1. The Morgan fingerprint density at radius 1 is 1.56 bits per heavy atom. The lowest BCUT2D eigenvalue weighted by molar-refractivity contribution is 0.642. The molecule has 4 heteroatoms. The highest BCUT2D eigenvalue weighted by molar-refractivity contribution is 8.13. The molecule has 2 nitrogen and oxygen atoms in total. The fraction of sp³-hybridized carbons (Fsp3) is 0.583. The molecule has 0 aliphatic carbocycles. The zero-order valence-electron chi connectivity index (χ0n) is 9.82. The first-order valence-electron chi connectivity index (χ1n) is 5.78. The summed E-state index contributed by atoms with van der Waals surface area (Å²) in [6.45, 7) is 5.26. The second-order valence-corrected chi connectivity index (χ2v) is 6.11. The standard InChI is InChI=1S/C12H18N2S2/c1-3-10-5-7-15-11(10)8-13-12-14-9(2)4-6-16-12/h5,7,9H,3-4,6,8H2,1-2H3,(H,13,14). The summed E-state index contributed by atoms with van der Waals surface area (Å²) >= 11 is 3.67. The van der Waals surface area contributed by atoms with Gasteiger partial charge >= 0.3 is 0 Å². The Morgan fingerprint density at radius 2 is 2.44 bits per heavy atom. The molecule has 2 rings (SSSR count). The van der Waals surface area contributed by atoms with Crippen molar-refractivity contribution >= 4 is 28.3 Å². The van der Waals surface area contributed by atoms with Gasteiger partial charge in [0.05, 0.1) is 6.54 Å². The van der Waals surface area contributed by atoms with Gasteiger partial charge in [0.2, 0.25) is 0 Å². The SMILES string of the molecule is CCc1ccsc1CN=C1NC(C)CCS1. The Labute approximate surface area is 106 Å². The van der Waals surface area contributed by atoms with E-state index in [0.29, 0.717) is 6.04 Å². The summed E-state index contributed by atoms with van der Waals surface area (Å²) in [4.78, 5) is 6.08. The maximum absolute atomic E-state index is 4.66. The van der Waals surface area contributed by atoms with E-state index in [1.807, 2.05) is 23.1 Å². The molecule has 0 radical (unpaired) electrons. The largest absolute Gasteiger partial charge is 0.362 e. The zero-order valence-corrected chi connectivity index (χ0v) is 11.5. The van der Waals surface area contributed by atoms with E-state index in [4.69, 9.17) is 0 Å². The minimum Gasteiger partial charge on any atom is -0.362 e. The Kier molecular flexibility index (Phi) is 4.29. The van der Waals surface area contributed by atoms with E-state index in [9.17, 15) is 0 Å². The predicted octanol–water partition coefficient (Wildman–Crippen LogP) is 3.28. The van der Waals surface area contributed by atoms with Crippen molar-refractivity contribution in [3.8, 4) is 0 Å². The number of hydrogen-bond donors (Lipinski definition) is 1. The molecule has 0 spiro atoms. The van der Waals surface area contributed by atoms with Gasteiger partial charge in [-0.1, -0.05) is 18.7 Å². The minimum absolute atomic E-state index is 0.578. The molecule has 1 aliphatic heterocycles. The molecular weight excluding hydrogens is 236 g/mol. The Hall–Kier alpha value is -0.480. The average Bonchev–Trinajstić information content (AvgIpc) is 2.74. The highest BCUT2D eigenvalue weighted by Crippen LogP contribution is 2.20. The number of rotatable bonds is 3. The van der Waals surface area contributed by atoms with Crippen LogP contribution in [-0.4, -0.2) is 17.0 Å². The maximum Gasteiger partial charge on any atom is 0.157 e. The summed E-state index contributed by atoms with van der Waals surface area (Å²) in [5.74, 6) is 1.19. The van der Waals surface area contributed by atoms with Gasteiger partial charge in [0.25, 0.3) is 0 Å². The average molecular weight is 254 g/mol. The molecule has 1 atom stereocenters. The number of nitrogens with one attached hydrogen (secondary N) is 1. The molecule has 1 aliphatic rings. The summed E-state index contributed by atoms with van der Waals surface area (Å²) in [5, 5.41) is 6.72. The smallest absolute Gasteiger partial charge is 0.157 e. The monoisotopic (exact) mass is 254 g/mol. The van der Waals surface area contributed by atoms with Gasteiger partial charge in [0.1, 0.15) is 0 Å². The minimum atomic E-state index is 0.578. The fourth-order valence-corrected chi connectivity index (χ4v) is 3.72. The first-order chi connectivity index (χ1) is 7.79. The van der Waals surface area contributed by atoms with Gasteiger partial charge in [0.15, 0.2) is 5.17 Å². The molecule has 1 aromatic heterocycles. The van der Waals surface area contributed by atoms with Crippen LogP contribution in [0.15, 0.2) is 16.4 Å². The molecule has 1 fully saturated rings. The summed E-state index contributed by atoms with van der Waals surface area (Å²) in [6.07, 6.45) is 2.35. The molecule has 0 aromatic carbocycles. The Morgan fingerprint density at radius 3 is 3.19 bits per heavy atom. The van der Waals surface area contributed by atoms with Crippen molar-refractivity contribution in [3.05, 3.63) is 21.9 Å². The molecule has 0 bridgehead atoms. The van der Waals surface area contributed by atoms with E-state index in [1.165, 1.54) is 22.6 Å². The van der Waals surface area contributed by atoms with Crippen molar-refractivity contribution in [2.24, 2.45) is 4.99 Å². The normalized spacial score (nSPS) is 23.4. The van der Waals surface area contributed by atoms with Crippen LogP contribution in [0.3, 0.4) is 0 Å². The van der Waals surface area contributed by atoms with Gasteiger partial charge in [-0.05, 0) is 36.8 Å². The third-order valence-corrected chi connectivity index (χ3v) is 4.65. The molecule has 2 heterocycles. The van der Waals surface area contributed by atoms with Crippen molar-refractivity contribution in [3.63, 3.8) is 0 Å². The van der Waals surface area contributed by atoms with Gasteiger partial charge in [-0.2, -0.15) is 0 Å². The number of amidine groups is 1. The third kappa shape index (κ3) is 3.01. The molecule has 0 saturated carbocycles. The van der Waals surface area contributed by atoms with E-state index >= 15 is 0 Å². The number of thiophene rings is 1. The zero-order chi connectivity index (χ0) is 11.4. The highest BCUT2D eigenvalue weighted by atomic mass is 32.2. The van der Waals surface area contributed by atoms with Crippen LogP contribution in [0.5, 0.6) is 0 Å². The number of hydrogen-bond acceptors (Lipinski definition) is 3. The van der Waals surface area contributed by atoms with Crippen LogP contribution in [0.25, 0.3) is 0 Å². The first-order valence-corrected chi connectivity index (χ1v) is 7.65. The molecule has 1 saturated heterocycles. The van der Waals surface area contributed by atoms with Crippen molar-refractivity contribution in [2.75, 3.05) is 5.75 Å². The predicted molar refractivity (Wildman–Crippen MR) is 74.5 cm³/mol. The second kappa shape index (κ2) is 5.73. The van der Waals surface area contributed by atoms with E-state index in [0.717, 1.165) is 18.1 Å². The third-order valence-electron chi connectivity index (χ3n) is 2.74. The molecule has 1 N–H and O–H groups in total. The molecule has 1 unspecified atom stereocenters. The summed E-state index contributed by atoms with van der Waals surface area (Å²) in [6, 6.07) is 2.79. The lowest BCUT2D eigenvalue weighted by Crippen LogP contribution is -2.35. The van der Waals surface area contributed by atoms with Crippen LogP contribution in [0.2, 0.25) is 0 Å². The van der Waals surface area contributed by atoms with Gasteiger partial charge < -0.3 is 5.32 Å². The van der Waals surface area contributed by atoms with E-state index in [-0.39, 0.29) is 0 Å². The summed E-state index contributed by atoms with van der Waals surface area (Å²) in [5.41, 5.74) is 1.45. The van der Waals surface area contributed by atoms with E-state index < -0.39 is 0 Å². The van der Waals surface area contributed by atoms with Gasteiger partial charge in [0, 0.05) is 16.7 Å². The summed E-state index contributed by atoms with van der Waals surface area (Å²) in [7, 11) is 0. The number of thioether (sulfide) groups is 1. The van der Waals surface area contributed by atoms with E-state index in [1.54, 1.807) is 0 Å². The van der Waals surface area contributed by atoms with Crippen LogP contribution in [0.1, 0.15) is 30.7 Å². The molecular formula is C12H18N2S2. The lowest BCUT2D eigenvalue weighted by Gasteiger charge is -2.21. The van der Waals surface area contributed by atoms with Crippen LogP contribution in [-0.2, 0) is 13.0 Å². The van der Waals surface area contributed by atoms with Crippen molar-refractivity contribution in [1.82, 2.24) is 5.32 Å². The van der Waals surface area contributed by atoms with Gasteiger partial charge in [-0.25, -0.2) is 0 Å². The van der Waals surface area contributed by atoms with Gasteiger partial charge in [-0.15, -0.1) is 11.3 Å². The van der Waals surface area contributed by atoms with Gasteiger partial charge in [-0.3, -0.25) is 4.99 Å². The van der Waals surface area contributed by atoms with E-state index in [2.05, 4.69) is 35.6 Å². The fourth-order valence-electron chi connectivity index (χ4n) is 1.71. The topological polar surface area (TPSA) is 24.4 Å². The highest BCUT2D eigenvalue weighted by Gasteiger charge is 2.12. The first kappa shape index (κ1) is 12.0. The van der Waals surface area contributed by atoms with Crippen LogP contribution >= 0.6 is 23.1 Å². The molecule has 1 aromatic rings. The van der Waals surface area contributed by atoms with Crippen LogP contribution in [0.4, 0.5) is 0 Å². The quantitative estimate of drug-likeness (QED) is 0.895. The van der Waals surface area contributed by atoms with Crippen molar-refractivity contribution < 1.29 is 0 Å².